The molecule has 0 radical (unpaired) electrons. The van der Waals surface area contributed by atoms with E-state index in [0.29, 0.717) is 19.4 Å². The van der Waals surface area contributed by atoms with Gasteiger partial charge in [-0.15, -0.1) is 0 Å². The van der Waals surface area contributed by atoms with Crippen LogP contribution in [-0.2, 0) is 20.7 Å². The van der Waals surface area contributed by atoms with Crippen molar-refractivity contribution >= 4 is 11.9 Å². The maximum Gasteiger partial charge on any atom is 0.328 e. The maximum absolute atomic E-state index is 12.4. The molecule has 5 nitrogen and oxygen atoms in total. The molecule has 2 N–H and O–H groups in total. The summed E-state index contributed by atoms with van der Waals surface area (Å²) in [4.78, 5) is 25.6. The number of likely N-dealkylation sites (tertiary alicyclic amines) is 1. The quantitative estimate of drug-likeness (QED) is 0.822. The number of rotatable bonds is 4. The molecule has 0 saturated carbocycles. The van der Waals surface area contributed by atoms with Gasteiger partial charge in [0, 0.05) is 6.54 Å². The Labute approximate surface area is 118 Å². The van der Waals surface area contributed by atoms with Crippen molar-refractivity contribution < 1.29 is 14.3 Å². The van der Waals surface area contributed by atoms with E-state index in [-0.39, 0.29) is 11.9 Å². The Kier molecular flexibility index (Phi) is 4.74. The molecule has 1 aromatic rings. The summed E-state index contributed by atoms with van der Waals surface area (Å²) >= 11 is 0. The van der Waals surface area contributed by atoms with Gasteiger partial charge in [-0.3, -0.25) is 4.79 Å². The van der Waals surface area contributed by atoms with E-state index in [2.05, 4.69) is 0 Å². The van der Waals surface area contributed by atoms with Gasteiger partial charge in [0.1, 0.15) is 6.04 Å². The lowest BCUT2D eigenvalue weighted by Crippen LogP contribution is -2.49. The van der Waals surface area contributed by atoms with Crippen LogP contribution in [-0.4, -0.2) is 42.5 Å². The van der Waals surface area contributed by atoms with Gasteiger partial charge in [-0.1, -0.05) is 30.3 Å². The standard InChI is InChI=1S/C15H20N2O3/c1-20-15(19)13-8-5-9-17(13)14(18)12(16)10-11-6-3-2-4-7-11/h2-4,6-7,12-13H,5,8-10,16H2,1H3. The van der Waals surface area contributed by atoms with E-state index >= 15 is 0 Å². The first-order chi connectivity index (χ1) is 9.63. The molecule has 5 heteroatoms. The number of carbonyl (C=O) groups is 2. The molecule has 1 fully saturated rings. The van der Waals surface area contributed by atoms with Gasteiger partial charge in [0.15, 0.2) is 0 Å². The Morgan fingerprint density at radius 3 is 2.75 bits per heavy atom. The lowest BCUT2D eigenvalue weighted by molar-refractivity contribution is -0.151. The Balaban J connectivity index is 2.01. The largest absolute Gasteiger partial charge is 0.467 e. The van der Waals surface area contributed by atoms with Crippen LogP contribution in [0.4, 0.5) is 0 Å². The summed E-state index contributed by atoms with van der Waals surface area (Å²) in [6.45, 7) is 0.571. The molecule has 1 aliphatic heterocycles. The second-order valence-corrected chi connectivity index (χ2v) is 5.01. The Hall–Kier alpha value is -1.88. The number of benzene rings is 1. The zero-order valence-corrected chi connectivity index (χ0v) is 11.6. The first kappa shape index (κ1) is 14.5. The van der Waals surface area contributed by atoms with E-state index in [4.69, 9.17) is 10.5 Å². The predicted octanol–water partition coefficient (Wildman–Crippen LogP) is 0.720. The normalized spacial score (nSPS) is 19.7. The fourth-order valence-electron chi connectivity index (χ4n) is 2.58. The van der Waals surface area contributed by atoms with Crippen molar-refractivity contribution in [3.63, 3.8) is 0 Å². The van der Waals surface area contributed by atoms with Gasteiger partial charge in [0.25, 0.3) is 0 Å². The van der Waals surface area contributed by atoms with Gasteiger partial charge in [-0.05, 0) is 24.8 Å². The van der Waals surface area contributed by atoms with Gasteiger partial charge in [-0.25, -0.2) is 4.79 Å². The van der Waals surface area contributed by atoms with E-state index in [9.17, 15) is 9.59 Å². The molecule has 0 aliphatic carbocycles. The lowest BCUT2D eigenvalue weighted by atomic mass is 10.1. The summed E-state index contributed by atoms with van der Waals surface area (Å²) in [6, 6.07) is 8.53. The van der Waals surface area contributed by atoms with Crippen molar-refractivity contribution in [3.8, 4) is 0 Å². The molecule has 1 aromatic carbocycles. The summed E-state index contributed by atoms with van der Waals surface area (Å²) in [7, 11) is 1.34. The van der Waals surface area contributed by atoms with Crippen LogP contribution in [0, 0.1) is 0 Å². The van der Waals surface area contributed by atoms with Crippen LogP contribution >= 0.6 is 0 Å². The fraction of sp³-hybridized carbons (Fsp3) is 0.467. The number of methoxy groups -OCH3 is 1. The van der Waals surface area contributed by atoms with Crippen molar-refractivity contribution in [1.29, 1.82) is 0 Å². The maximum atomic E-state index is 12.4. The smallest absolute Gasteiger partial charge is 0.328 e. The summed E-state index contributed by atoms with van der Waals surface area (Å²) in [5.41, 5.74) is 7.01. The number of nitrogens with two attached hydrogens (primary N) is 1. The molecular weight excluding hydrogens is 256 g/mol. The van der Waals surface area contributed by atoms with Crippen LogP contribution in [0.25, 0.3) is 0 Å². The van der Waals surface area contributed by atoms with Crippen LogP contribution in [0.5, 0.6) is 0 Å². The number of carbonyl (C=O) groups excluding carboxylic acids is 2. The molecule has 0 bridgehead atoms. The minimum Gasteiger partial charge on any atom is -0.467 e. The van der Waals surface area contributed by atoms with Gasteiger partial charge < -0.3 is 15.4 Å². The highest BCUT2D eigenvalue weighted by Gasteiger charge is 2.36. The second kappa shape index (κ2) is 6.52. The van der Waals surface area contributed by atoms with Crippen LogP contribution in [0.3, 0.4) is 0 Å². The van der Waals surface area contributed by atoms with E-state index in [0.717, 1.165) is 12.0 Å². The van der Waals surface area contributed by atoms with Crippen LogP contribution in [0.1, 0.15) is 18.4 Å². The van der Waals surface area contributed by atoms with Crippen molar-refractivity contribution in [2.75, 3.05) is 13.7 Å². The first-order valence-corrected chi connectivity index (χ1v) is 6.81. The van der Waals surface area contributed by atoms with Crippen molar-refractivity contribution in [3.05, 3.63) is 35.9 Å². The van der Waals surface area contributed by atoms with E-state index in [1.165, 1.54) is 7.11 Å². The summed E-state index contributed by atoms with van der Waals surface area (Å²) < 4.78 is 4.74. The zero-order valence-electron chi connectivity index (χ0n) is 11.6. The third-order valence-corrected chi connectivity index (χ3v) is 3.62. The fourth-order valence-corrected chi connectivity index (χ4v) is 2.58. The molecule has 2 atom stereocenters. The average molecular weight is 276 g/mol. The molecule has 0 spiro atoms. The highest BCUT2D eigenvalue weighted by molar-refractivity contribution is 5.88. The number of ether oxygens (including phenoxy) is 1. The molecule has 0 aromatic heterocycles. The Morgan fingerprint density at radius 2 is 2.10 bits per heavy atom. The average Bonchev–Trinajstić information content (AvgIpc) is 2.96. The number of amides is 1. The summed E-state index contributed by atoms with van der Waals surface area (Å²) in [5.74, 6) is -0.537. The summed E-state index contributed by atoms with van der Waals surface area (Å²) in [5, 5.41) is 0. The predicted molar refractivity (Wildman–Crippen MR) is 74.9 cm³/mol. The molecule has 108 valence electrons. The monoisotopic (exact) mass is 276 g/mol. The van der Waals surface area contributed by atoms with Crippen LogP contribution in [0.2, 0.25) is 0 Å². The van der Waals surface area contributed by atoms with Crippen molar-refractivity contribution in [2.45, 2.75) is 31.3 Å². The number of hydrogen-bond acceptors (Lipinski definition) is 4. The van der Waals surface area contributed by atoms with Gasteiger partial charge >= 0.3 is 5.97 Å². The van der Waals surface area contributed by atoms with E-state index in [1.54, 1.807) is 4.90 Å². The third-order valence-electron chi connectivity index (χ3n) is 3.62. The molecular formula is C15H20N2O3. The number of esters is 1. The van der Waals surface area contributed by atoms with E-state index in [1.807, 2.05) is 30.3 Å². The molecule has 1 saturated heterocycles. The van der Waals surface area contributed by atoms with Gasteiger partial charge in [0.05, 0.1) is 13.2 Å². The molecule has 2 rings (SSSR count). The third kappa shape index (κ3) is 3.17. The minimum atomic E-state index is -0.623. The minimum absolute atomic E-state index is 0.179. The first-order valence-electron chi connectivity index (χ1n) is 6.81. The van der Waals surface area contributed by atoms with Gasteiger partial charge in [-0.2, -0.15) is 0 Å². The molecule has 20 heavy (non-hydrogen) atoms. The summed E-state index contributed by atoms with van der Waals surface area (Å²) in [6.07, 6.45) is 1.93. The molecule has 2 unspecified atom stereocenters. The number of nitrogens with zero attached hydrogens (tertiary/aromatic N) is 1. The molecule has 1 aliphatic rings. The topological polar surface area (TPSA) is 72.6 Å². The highest BCUT2D eigenvalue weighted by atomic mass is 16.5. The second-order valence-electron chi connectivity index (χ2n) is 5.01. The lowest BCUT2D eigenvalue weighted by Gasteiger charge is -2.25. The highest BCUT2D eigenvalue weighted by Crippen LogP contribution is 2.19. The molecule has 1 amide bonds. The van der Waals surface area contributed by atoms with Gasteiger partial charge in [0.2, 0.25) is 5.91 Å². The van der Waals surface area contributed by atoms with Crippen molar-refractivity contribution in [2.24, 2.45) is 5.73 Å². The zero-order chi connectivity index (χ0) is 14.5. The van der Waals surface area contributed by atoms with E-state index < -0.39 is 12.1 Å². The van der Waals surface area contributed by atoms with Crippen molar-refractivity contribution in [1.82, 2.24) is 4.90 Å². The van der Waals surface area contributed by atoms with Crippen LogP contribution < -0.4 is 5.73 Å². The molecule has 1 heterocycles. The Bertz CT molecular complexity index is 475. The Morgan fingerprint density at radius 1 is 1.40 bits per heavy atom. The SMILES string of the molecule is COC(=O)C1CCCN1C(=O)C(N)Cc1ccccc1. The number of hydrogen-bond donors (Lipinski definition) is 1. The van der Waals surface area contributed by atoms with Crippen LogP contribution in [0.15, 0.2) is 30.3 Å².